The summed E-state index contributed by atoms with van der Waals surface area (Å²) in [5, 5.41) is 6.54. The molecule has 6 aromatic carbocycles. The summed E-state index contributed by atoms with van der Waals surface area (Å²) in [7, 11) is -14.2. The molecule has 15 aliphatic rings. The number of amides is 2. The van der Waals surface area contributed by atoms with Crippen molar-refractivity contribution in [2.45, 2.75) is 241 Å². The Balaban J connectivity index is 0.000000112. The van der Waals surface area contributed by atoms with Gasteiger partial charge in [0.25, 0.3) is 0 Å². The molecule has 10 saturated heterocycles. The lowest BCUT2D eigenvalue weighted by Crippen LogP contribution is -2.61. The van der Waals surface area contributed by atoms with E-state index in [4.69, 9.17) is 14.2 Å². The van der Waals surface area contributed by atoms with Gasteiger partial charge in [-0.1, -0.05) is 129 Å². The molecule has 5 spiro atoms. The summed E-state index contributed by atoms with van der Waals surface area (Å²) < 4.78 is 142. The highest BCUT2D eigenvalue weighted by Crippen LogP contribution is 2.46. The molecule has 127 heavy (non-hydrogen) atoms. The quantitative estimate of drug-likeness (QED) is 0.0764. The summed E-state index contributed by atoms with van der Waals surface area (Å²) >= 11 is 0. The molecular weight excluding hydrogens is 1690 g/mol. The molecule has 4 saturated carbocycles. The second-order valence-corrected chi connectivity index (χ2v) is 46.0. The number of hydrogen-bond acceptors (Lipinski definition) is 19. The van der Waals surface area contributed by atoms with E-state index >= 15 is 0 Å². The Bertz CT molecular complexity index is 5070. The monoisotopic (exact) mass is 1820 g/mol. The Morgan fingerprint density at radius 3 is 1.27 bits per heavy atom. The van der Waals surface area contributed by atoms with E-state index in [2.05, 4.69) is 102 Å². The van der Waals surface area contributed by atoms with Crippen LogP contribution in [0, 0.1) is 30.5 Å². The van der Waals surface area contributed by atoms with Crippen LogP contribution < -0.4 is 10.6 Å². The SMILES string of the molecule is CCc1ccc(S(=O)(=O)N2CCOC23CCN(CC2CC2)CC3)cc1.Cc1ccc(S(=O)(=O)N2CCOC23CCN(CC2CC2)CC3)cc1.O=C1CN(C2CCc3ccccc3C2)C2(CCN(S(=O)(=O)c3ccccc3)CC2)N1.O=C1CN(Cc2ccccc2)C2(CCN(C3CCCCC3)CC2)N1.O=S(=O)(c1ccc(F)cc1)N1CCOC12CCN(CC1CC1)CC2. The second kappa shape index (κ2) is 39.3. The fraction of sp³-hybridized carbons (Fsp3) is 0.608. The number of fused-ring (bicyclic) bond motifs is 1. The molecule has 0 aromatic heterocycles. The van der Waals surface area contributed by atoms with Crippen LogP contribution in [0.5, 0.6) is 0 Å². The Morgan fingerprint density at radius 1 is 0.394 bits per heavy atom. The lowest BCUT2D eigenvalue weighted by Gasteiger charge is -2.47. The Hall–Kier alpha value is -6.53. The lowest BCUT2D eigenvalue weighted by molar-refractivity contribution is -0.120. The van der Waals surface area contributed by atoms with Gasteiger partial charge in [-0.3, -0.25) is 19.4 Å². The predicted octanol–water partition coefficient (Wildman–Crippen LogP) is 11.6. The van der Waals surface area contributed by atoms with E-state index in [0.29, 0.717) is 112 Å². The molecule has 21 rings (SSSR count). The molecule has 6 aromatic rings. The highest BCUT2D eigenvalue weighted by atomic mass is 32.2. The van der Waals surface area contributed by atoms with Crippen molar-refractivity contribution in [1.82, 2.24) is 57.3 Å². The molecule has 14 fully saturated rings. The number of rotatable bonds is 19. The Kier molecular flexibility index (Phi) is 28.6. The van der Waals surface area contributed by atoms with Gasteiger partial charge in [0.05, 0.1) is 63.8 Å². The molecule has 0 bridgehead atoms. The van der Waals surface area contributed by atoms with Crippen molar-refractivity contribution in [2.24, 2.45) is 17.8 Å². The third-order valence-corrected chi connectivity index (χ3v) is 37.8. The molecule has 2 amide bonds. The average molecular weight is 1820 g/mol. The maximum absolute atomic E-state index is 13.2. The number of ether oxygens (including phenoxy) is 3. The number of benzene rings is 6. The minimum atomic E-state index is -3.67. The van der Waals surface area contributed by atoms with Gasteiger partial charge in [0.1, 0.15) is 23.0 Å². The number of nitrogens with zero attached hydrogens (tertiary/aromatic N) is 10. The molecule has 0 radical (unpaired) electrons. The van der Waals surface area contributed by atoms with E-state index in [1.165, 1.54) is 129 Å². The van der Waals surface area contributed by atoms with Crippen molar-refractivity contribution in [3.05, 3.63) is 191 Å². The van der Waals surface area contributed by atoms with Crippen LogP contribution in [0.15, 0.2) is 177 Å². The van der Waals surface area contributed by atoms with Gasteiger partial charge < -0.3 is 44.4 Å². The molecule has 10 heterocycles. The fourth-order valence-electron chi connectivity index (χ4n) is 22.0. The molecule has 30 heteroatoms. The van der Waals surface area contributed by atoms with Gasteiger partial charge in [-0.05, 0) is 210 Å². The number of hydrogen-bond donors (Lipinski definition) is 2. The van der Waals surface area contributed by atoms with E-state index in [1.54, 1.807) is 61.4 Å². The zero-order valence-corrected chi connectivity index (χ0v) is 77.7. The van der Waals surface area contributed by atoms with E-state index in [1.807, 2.05) is 37.3 Å². The van der Waals surface area contributed by atoms with Gasteiger partial charge in [-0.15, -0.1) is 0 Å². The number of piperidine rings is 5. The maximum Gasteiger partial charge on any atom is 0.245 e. The first kappa shape index (κ1) is 92.3. The third-order valence-electron chi connectivity index (χ3n) is 30.0. The minimum absolute atomic E-state index is 0.0493. The van der Waals surface area contributed by atoms with Crippen LogP contribution in [-0.2, 0) is 89.7 Å². The van der Waals surface area contributed by atoms with Crippen molar-refractivity contribution in [3.8, 4) is 0 Å². The van der Waals surface area contributed by atoms with E-state index < -0.39 is 68.7 Å². The molecule has 1 unspecified atom stereocenters. The molecule has 10 aliphatic heterocycles. The van der Waals surface area contributed by atoms with Crippen LogP contribution in [0.3, 0.4) is 0 Å². The summed E-state index contributed by atoms with van der Waals surface area (Å²) in [5.41, 5.74) is 3.74. The van der Waals surface area contributed by atoms with Gasteiger partial charge in [-0.25, -0.2) is 38.1 Å². The molecular formula is C97H133FN12O13S4. The first-order valence-electron chi connectivity index (χ1n) is 47.4. The number of sulfonamides is 4. The van der Waals surface area contributed by atoms with E-state index in [0.717, 1.165) is 165 Å². The third kappa shape index (κ3) is 21.1. The average Bonchev–Trinajstić information content (AvgIpc) is 1.65. The van der Waals surface area contributed by atoms with Crippen molar-refractivity contribution < 1.29 is 61.9 Å². The topological polar surface area (TPSA) is 255 Å². The number of aryl methyl sites for hydroxylation is 3. The molecule has 5 aliphatic carbocycles. The Morgan fingerprint density at radius 2 is 0.803 bits per heavy atom. The second-order valence-electron chi connectivity index (χ2n) is 38.5. The van der Waals surface area contributed by atoms with Crippen LogP contribution in [-0.4, -0.2) is 270 Å². The zero-order chi connectivity index (χ0) is 88.2. The highest BCUT2D eigenvalue weighted by Gasteiger charge is 2.56. The van der Waals surface area contributed by atoms with Crippen LogP contribution in [0.2, 0.25) is 0 Å². The molecule has 25 nitrogen and oxygen atoms in total. The summed E-state index contributed by atoms with van der Waals surface area (Å²) in [4.78, 5) is 40.6. The Labute approximate surface area is 753 Å². The smallest absolute Gasteiger partial charge is 0.245 e. The number of halogens is 1. The van der Waals surface area contributed by atoms with Gasteiger partial charge in [0.15, 0.2) is 0 Å². The van der Waals surface area contributed by atoms with Crippen molar-refractivity contribution in [3.63, 3.8) is 0 Å². The van der Waals surface area contributed by atoms with Crippen molar-refractivity contribution >= 4 is 51.9 Å². The first-order valence-corrected chi connectivity index (χ1v) is 53.1. The summed E-state index contributed by atoms with van der Waals surface area (Å²) in [5.74, 6) is 2.38. The van der Waals surface area contributed by atoms with Crippen LogP contribution in [0.1, 0.15) is 176 Å². The number of carbonyl (C=O) groups excluding carboxylic acids is 2. The fourth-order valence-corrected chi connectivity index (χ4v) is 28.7. The normalized spacial score (nSPS) is 25.2. The standard InChI is InChI=1S/C23H27N3O3S.C20H29N3O.C19H28N2O3S.C18H26N2O3S.C17H23FN2O3S/c27-22-17-26(20-11-10-18-6-4-5-7-19(18)16-20)23(24-22)12-14-25(15-13-23)30(28,29)21-8-2-1-3-9-21;24-19-16-23(15-17-7-3-1-4-8-17)20(21-19)11-13-22(14-12-20)18-9-5-2-6-10-18;1-2-16-5-7-18(8-6-16)25(22,23)21-13-14-24-19(21)9-11-20(12-10-19)15-17-3-4-17;1-15-2-6-17(7-3-15)24(21,22)20-12-13-23-18(20)8-10-19(11-9-18)14-16-4-5-16;18-15-3-5-16(6-4-15)24(21,22)20-11-12-23-17(20)7-9-19(10-8-17)13-14-1-2-14/h1-9,20H,10-17H2,(H,24,27);1,3-4,7-8,18H,2,5-6,9-16H2,(H,21,24);5-8,17H,2-4,9-15H2,1H3;2-3,6-7,16H,4-5,8-14H2,1H3;3-6,14H,1-2,7-13H2. The number of nitrogens with one attached hydrogen (secondary N) is 2. The molecule has 690 valence electrons. The largest absolute Gasteiger partial charge is 0.358 e. The van der Waals surface area contributed by atoms with Crippen molar-refractivity contribution in [1.29, 1.82) is 0 Å². The summed E-state index contributed by atoms with van der Waals surface area (Å²) in [6.45, 7) is 20.5. The van der Waals surface area contributed by atoms with Crippen LogP contribution in [0.25, 0.3) is 0 Å². The van der Waals surface area contributed by atoms with Gasteiger partial charge >= 0.3 is 0 Å². The van der Waals surface area contributed by atoms with Crippen molar-refractivity contribution in [2.75, 3.05) is 138 Å². The van der Waals surface area contributed by atoms with Crippen LogP contribution in [0.4, 0.5) is 4.39 Å². The maximum atomic E-state index is 13.2. The first-order chi connectivity index (χ1) is 61.3. The lowest BCUT2D eigenvalue weighted by atomic mass is 9.85. The molecule has 1 atom stereocenters. The van der Waals surface area contributed by atoms with Gasteiger partial charge in [-0.2, -0.15) is 17.2 Å². The summed E-state index contributed by atoms with van der Waals surface area (Å²) in [6.07, 6.45) is 26.7. The number of likely N-dealkylation sites (tertiary alicyclic amines) is 4. The minimum Gasteiger partial charge on any atom is -0.358 e. The highest BCUT2D eigenvalue weighted by molar-refractivity contribution is 7.90. The van der Waals surface area contributed by atoms with E-state index in [-0.39, 0.29) is 22.4 Å². The van der Waals surface area contributed by atoms with Gasteiger partial charge in [0, 0.05) is 162 Å². The van der Waals surface area contributed by atoms with E-state index in [9.17, 15) is 47.7 Å². The predicted molar refractivity (Wildman–Crippen MR) is 486 cm³/mol. The zero-order valence-electron chi connectivity index (χ0n) is 74.4. The van der Waals surface area contributed by atoms with Crippen LogP contribution >= 0.6 is 0 Å². The molecule has 2 N–H and O–H groups in total. The number of carbonyl (C=O) groups is 2. The van der Waals surface area contributed by atoms with Gasteiger partial charge in [0.2, 0.25) is 51.9 Å². The summed E-state index contributed by atoms with van der Waals surface area (Å²) in [6, 6.07) is 48.2.